The van der Waals surface area contributed by atoms with Gasteiger partial charge in [-0.25, -0.2) is 9.97 Å². The van der Waals surface area contributed by atoms with Crippen LogP contribution in [-0.2, 0) is 12.8 Å². The second-order valence-corrected chi connectivity index (χ2v) is 6.44. The lowest BCUT2D eigenvalue weighted by molar-refractivity contribution is 0.899. The van der Waals surface area contributed by atoms with E-state index in [-0.39, 0.29) is 0 Å². The number of hydrogen-bond donors (Lipinski definition) is 1. The fourth-order valence-electron chi connectivity index (χ4n) is 2.74. The third-order valence-electron chi connectivity index (χ3n) is 3.84. The molecule has 0 unspecified atom stereocenters. The van der Waals surface area contributed by atoms with Crippen molar-refractivity contribution in [1.82, 2.24) is 9.97 Å². The maximum absolute atomic E-state index is 4.80. The molecule has 3 nitrogen and oxygen atoms in total. The van der Waals surface area contributed by atoms with Gasteiger partial charge in [-0.2, -0.15) is 0 Å². The van der Waals surface area contributed by atoms with Crippen LogP contribution in [0.1, 0.15) is 36.6 Å². The number of nitrogens with zero attached hydrogens (tertiary/aromatic N) is 2. The fraction of sp³-hybridized carbons (Fsp3) is 0.412. The molecule has 0 bridgehead atoms. The van der Waals surface area contributed by atoms with Crippen LogP contribution in [0.25, 0.3) is 11.4 Å². The monoisotopic (exact) mass is 345 g/mol. The van der Waals surface area contributed by atoms with Gasteiger partial charge in [0.25, 0.3) is 0 Å². The van der Waals surface area contributed by atoms with Crippen molar-refractivity contribution in [3.05, 3.63) is 39.5 Å². The highest BCUT2D eigenvalue weighted by Gasteiger charge is 2.20. The predicted octanol–water partition coefficient (Wildman–Crippen LogP) is 4.53. The Morgan fingerprint density at radius 2 is 2.10 bits per heavy atom. The lowest BCUT2D eigenvalue weighted by atomic mass is 10.1. The molecule has 110 valence electrons. The zero-order valence-corrected chi connectivity index (χ0v) is 14.1. The smallest absolute Gasteiger partial charge is 0.162 e. The molecule has 1 aliphatic carbocycles. The Bertz CT molecular complexity index is 667. The molecule has 1 aromatic heterocycles. The number of aromatic nitrogens is 2. The zero-order valence-electron chi connectivity index (χ0n) is 12.5. The Balaban J connectivity index is 2.06. The SMILES string of the molecule is CCCNc1nc(-c2ccc(C)cc2Br)nc2c1CCC2. The van der Waals surface area contributed by atoms with E-state index in [0.717, 1.165) is 47.5 Å². The Hall–Kier alpha value is -1.42. The minimum absolute atomic E-state index is 0.820. The van der Waals surface area contributed by atoms with Crippen LogP contribution in [-0.4, -0.2) is 16.5 Å². The van der Waals surface area contributed by atoms with Crippen molar-refractivity contribution in [3.8, 4) is 11.4 Å². The molecule has 2 aromatic rings. The summed E-state index contributed by atoms with van der Waals surface area (Å²) in [5.74, 6) is 1.85. The summed E-state index contributed by atoms with van der Waals surface area (Å²) in [4.78, 5) is 9.59. The molecule has 21 heavy (non-hydrogen) atoms. The van der Waals surface area contributed by atoms with Gasteiger partial charge in [-0.1, -0.05) is 28.9 Å². The van der Waals surface area contributed by atoms with E-state index in [0.29, 0.717) is 0 Å². The van der Waals surface area contributed by atoms with Gasteiger partial charge in [-0.05, 0) is 50.3 Å². The summed E-state index contributed by atoms with van der Waals surface area (Å²) in [7, 11) is 0. The molecular weight excluding hydrogens is 326 g/mol. The maximum atomic E-state index is 4.80. The van der Waals surface area contributed by atoms with Crippen molar-refractivity contribution in [2.45, 2.75) is 39.5 Å². The molecule has 0 amide bonds. The molecule has 0 aliphatic heterocycles. The van der Waals surface area contributed by atoms with Gasteiger partial charge in [0.05, 0.1) is 0 Å². The van der Waals surface area contributed by atoms with Crippen molar-refractivity contribution >= 4 is 21.7 Å². The molecule has 3 rings (SSSR count). The Morgan fingerprint density at radius 1 is 1.24 bits per heavy atom. The fourth-order valence-corrected chi connectivity index (χ4v) is 3.41. The number of rotatable bonds is 4. The Labute approximate surface area is 134 Å². The normalized spacial score (nSPS) is 13.3. The minimum atomic E-state index is 0.820. The standard InChI is InChI=1S/C17H20BrN3/c1-3-9-19-16-13-5-4-6-15(13)20-17(21-16)12-8-7-11(2)10-14(12)18/h7-8,10H,3-6,9H2,1-2H3,(H,19,20,21). The summed E-state index contributed by atoms with van der Waals surface area (Å²) in [6.07, 6.45) is 4.44. The van der Waals surface area contributed by atoms with Gasteiger partial charge in [-0.15, -0.1) is 0 Å². The average Bonchev–Trinajstić information content (AvgIpc) is 2.93. The molecule has 0 fully saturated rings. The van der Waals surface area contributed by atoms with Crippen LogP contribution in [0.5, 0.6) is 0 Å². The number of nitrogens with one attached hydrogen (secondary N) is 1. The van der Waals surface area contributed by atoms with Crippen LogP contribution in [0, 0.1) is 6.92 Å². The van der Waals surface area contributed by atoms with Crippen molar-refractivity contribution in [1.29, 1.82) is 0 Å². The first-order valence-corrected chi connectivity index (χ1v) is 8.38. The minimum Gasteiger partial charge on any atom is -0.370 e. The van der Waals surface area contributed by atoms with Crippen LogP contribution in [0.15, 0.2) is 22.7 Å². The van der Waals surface area contributed by atoms with Crippen molar-refractivity contribution < 1.29 is 0 Å². The van der Waals surface area contributed by atoms with Gasteiger partial charge in [-0.3, -0.25) is 0 Å². The number of benzene rings is 1. The zero-order chi connectivity index (χ0) is 14.8. The number of aryl methyl sites for hydroxylation is 2. The predicted molar refractivity (Wildman–Crippen MR) is 90.7 cm³/mol. The van der Waals surface area contributed by atoms with E-state index in [1.807, 2.05) is 0 Å². The van der Waals surface area contributed by atoms with Gasteiger partial charge in [0.1, 0.15) is 5.82 Å². The van der Waals surface area contributed by atoms with Gasteiger partial charge in [0, 0.05) is 27.8 Å². The molecule has 1 aromatic carbocycles. The van der Waals surface area contributed by atoms with Gasteiger partial charge < -0.3 is 5.32 Å². The van der Waals surface area contributed by atoms with E-state index in [1.165, 1.54) is 23.2 Å². The largest absolute Gasteiger partial charge is 0.370 e. The second kappa shape index (κ2) is 6.14. The summed E-state index contributed by atoms with van der Waals surface area (Å²) in [5.41, 5.74) is 4.83. The molecule has 0 saturated heterocycles. The Morgan fingerprint density at radius 3 is 2.86 bits per heavy atom. The quantitative estimate of drug-likeness (QED) is 0.884. The van der Waals surface area contributed by atoms with Gasteiger partial charge in [0.2, 0.25) is 0 Å². The molecular formula is C17H20BrN3. The first kappa shape index (κ1) is 14.5. The molecule has 1 aliphatic rings. The summed E-state index contributed by atoms with van der Waals surface area (Å²) in [5, 5.41) is 3.47. The molecule has 0 spiro atoms. The highest BCUT2D eigenvalue weighted by molar-refractivity contribution is 9.10. The summed E-state index contributed by atoms with van der Waals surface area (Å²) in [6, 6.07) is 6.32. The van der Waals surface area contributed by atoms with E-state index in [2.05, 4.69) is 53.3 Å². The van der Waals surface area contributed by atoms with Crippen LogP contribution in [0.3, 0.4) is 0 Å². The first-order chi connectivity index (χ1) is 10.2. The maximum Gasteiger partial charge on any atom is 0.162 e. The number of fused-ring (bicyclic) bond motifs is 1. The van der Waals surface area contributed by atoms with Crippen LogP contribution in [0.4, 0.5) is 5.82 Å². The molecule has 0 atom stereocenters. The number of hydrogen-bond acceptors (Lipinski definition) is 3. The summed E-state index contributed by atoms with van der Waals surface area (Å²) >= 11 is 3.64. The lowest BCUT2D eigenvalue weighted by Gasteiger charge is -2.12. The first-order valence-electron chi connectivity index (χ1n) is 7.59. The highest BCUT2D eigenvalue weighted by Crippen LogP contribution is 2.32. The van der Waals surface area contributed by atoms with E-state index in [4.69, 9.17) is 9.97 Å². The van der Waals surface area contributed by atoms with Crippen LogP contribution in [0.2, 0.25) is 0 Å². The number of halogens is 1. The highest BCUT2D eigenvalue weighted by atomic mass is 79.9. The van der Waals surface area contributed by atoms with Crippen molar-refractivity contribution in [3.63, 3.8) is 0 Å². The third kappa shape index (κ3) is 2.95. The van der Waals surface area contributed by atoms with E-state index in [1.54, 1.807) is 0 Å². The topological polar surface area (TPSA) is 37.8 Å². The molecule has 1 heterocycles. The third-order valence-corrected chi connectivity index (χ3v) is 4.50. The van der Waals surface area contributed by atoms with E-state index in [9.17, 15) is 0 Å². The average molecular weight is 346 g/mol. The van der Waals surface area contributed by atoms with Crippen LogP contribution < -0.4 is 5.32 Å². The van der Waals surface area contributed by atoms with E-state index < -0.39 is 0 Å². The van der Waals surface area contributed by atoms with Crippen LogP contribution >= 0.6 is 15.9 Å². The Kier molecular flexibility index (Phi) is 4.24. The molecule has 1 N–H and O–H groups in total. The van der Waals surface area contributed by atoms with Crippen molar-refractivity contribution in [2.75, 3.05) is 11.9 Å². The molecule has 4 heteroatoms. The molecule has 0 radical (unpaired) electrons. The van der Waals surface area contributed by atoms with Gasteiger partial charge >= 0.3 is 0 Å². The lowest BCUT2D eigenvalue weighted by Crippen LogP contribution is -2.08. The summed E-state index contributed by atoms with van der Waals surface area (Å²) < 4.78 is 1.06. The van der Waals surface area contributed by atoms with Crippen molar-refractivity contribution in [2.24, 2.45) is 0 Å². The molecule has 0 saturated carbocycles. The number of anilines is 1. The van der Waals surface area contributed by atoms with E-state index >= 15 is 0 Å². The second-order valence-electron chi connectivity index (χ2n) is 5.58. The summed E-state index contributed by atoms with van der Waals surface area (Å²) in [6.45, 7) is 5.22. The van der Waals surface area contributed by atoms with Gasteiger partial charge in [0.15, 0.2) is 5.82 Å².